The van der Waals surface area contributed by atoms with E-state index in [4.69, 9.17) is 9.84 Å². The van der Waals surface area contributed by atoms with Crippen LogP contribution < -0.4 is 0 Å². The van der Waals surface area contributed by atoms with Crippen LogP contribution in [0.5, 0.6) is 0 Å². The van der Waals surface area contributed by atoms with Crippen LogP contribution in [0.1, 0.15) is 5.56 Å². The van der Waals surface area contributed by atoms with Crippen molar-refractivity contribution in [2.45, 2.75) is 25.0 Å². The number of ether oxygens (including phenoxy) is 1. The molecule has 0 aliphatic carbocycles. The molecule has 1 N–H and O–H groups in total. The number of aliphatic hydroxyl groups excluding tert-OH is 1. The number of amides is 1. The van der Waals surface area contributed by atoms with Gasteiger partial charge in [-0.15, -0.1) is 0 Å². The summed E-state index contributed by atoms with van der Waals surface area (Å²) in [6.07, 6.45) is -4.46. The lowest BCUT2D eigenvalue weighted by atomic mass is 10.2. The molecule has 1 aromatic carbocycles. The molecular weight excluding hydrogens is 256 g/mol. The van der Waals surface area contributed by atoms with Crippen molar-refractivity contribution in [2.24, 2.45) is 0 Å². The van der Waals surface area contributed by atoms with Gasteiger partial charge < -0.3 is 9.84 Å². The third-order valence-corrected chi connectivity index (χ3v) is 3.11. The van der Waals surface area contributed by atoms with Gasteiger partial charge in [-0.3, -0.25) is 4.90 Å². The van der Waals surface area contributed by atoms with E-state index in [0.717, 1.165) is 10.5 Å². The van der Waals surface area contributed by atoms with E-state index in [1.54, 1.807) is 24.3 Å². The van der Waals surface area contributed by atoms with Gasteiger partial charge in [-0.05, 0) is 5.56 Å². The summed E-state index contributed by atoms with van der Waals surface area (Å²) < 4.78 is 31.5. The summed E-state index contributed by atoms with van der Waals surface area (Å²) >= 11 is 0. The second kappa shape index (κ2) is 5.97. The van der Waals surface area contributed by atoms with Crippen LogP contribution in [0.3, 0.4) is 0 Å². The summed E-state index contributed by atoms with van der Waals surface area (Å²) in [6, 6.07) is 7.80. The maximum atomic E-state index is 13.4. The number of carbonyl (C=O) groups is 1. The third kappa shape index (κ3) is 3.01. The highest BCUT2D eigenvalue weighted by Gasteiger charge is 2.45. The van der Waals surface area contributed by atoms with Crippen molar-refractivity contribution in [3.05, 3.63) is 35.9 Å². The smallest absolute Gasteiger partial charge is 0.410 e. The Labute approximate surface area is 109 Å². The SMILES string of the molecule is O=C(OCc1ccccc1)N1C[C@H](F)[C@H](F)[C@H]1CO. The van der Waals surface area contributed by atoms with Crippen LogP contribution in [0.2, 0.25) is 0 Å². The number of alkyl halides is 2. The molecular formula is C13H15F2NO3. The van der Waals surface area contributed by atoms with Crippen LogP contribution in [0.4, 0.5) is 13.6 Å². The fourth-order valence-electron chi connectivity index (χ4n) is 2.05. The predicted molar refractivity (Wildman–Crippen MR) is 64.0 cm³/mol. The molecule has 1 amide bonds. The van der Waals surface area contributed by atoms with E-state index in [2.05, 4.69) is 0 Å². The third-order valence-electron chi connectivity index (χ3n) is 3.11. The van der Waals surface area contributed by atoms with Gasteiger partial charge in [0.05, 0.1) is 19.2 Å². The Balaban J connectivity index is 1.93. The van der Waals surface area contributed by atoms with Crippen molar-refractivity contribution in [2.75, 3.05) is 13.2 Å². The van der Waals surface area contributed by atoms with Gasteiger partial charge in [-0.2, -0.15) is 0 Å². The lowest BCUT2D eigenvalue weighted by Gasteiger charge is -2.22. The zero-order valence-corrected chi connectivity index (χ0v) is 10.2. The number of likely N-dealkylation sites (tertiary alicyclic amines) is 1. The van der Waals surface area contributed by atoms with Gasteiger partial charge in [0.2, 0.25) is 0 Å². The van der Waals surface area contributed by atoms with Gasteiger partial charge in [0.1, 0.15) is 6.61 Å². The second-order valence-electron chi connectivity index (χ2n) is 4.40. The molecule has 0 unspecified atom stereocenters. The fraction of sp³-hybridized carbons (Fsp3) is 0.462. The number of halogens is 2. The topological polar surface area (TPSA) is 49.8 Å². The second-order valence-corrected chi connectivity index (χ2v) is 4.40. The molecule has 1 aliphatic rings. The van der Waals surface area contributed by atoms with Gasteiger partial charge in [0.25, 0.3) is 0 Å². The van der Waals surface area contributed by atoms with E-state index in [-0.39, 0.29) is 13.2 Å². The summed E-state index contributed by atoms with van der Waals surface area (Å²) in [5.41, 5.74) is 0.782. The van der Waals surface area contributed by atoms with Crippen LogP contribution >= 0.6 is 0 Å². The molecule has 0 bridgehead atoms. The van der Waals surface area contributed by atoms with Crippen LogP contribution in [-0.4, -0.2) is 47.6 Å². The minimum absolute atomic E-state index is 0.0300. The average molecular weight is 271 g/mol. The number of benzene rings is 1. The number of aliphatic hydroxyl groups is 1. The molecule has 0 spiro atoms. The molecule has 2 rings (SSSR count). The van der Waals surface area contributed by atoms with E-state index < -0.39 is 31.1 Å². The molecule has 6 heteroatoms. The van der Waals surface area contributed by atoms with Gasteiger partial charge in [-0.25, -0.2) is 13.6 Å². The van der Waals surface area contributed by atoms with Crippen LogP contribution in [-0.2, 0) is 11.3 Å². The van der Waals surface area contributed by atoms with E-state index in [0.29, 0.717) is 0 Å². The maximum Gasteiger partial charge on any atom is 0.410 e. The number of hydrogen-bond acceptors (Lipinski definition) is 3. The monoisotopic (exact) mass is 271 g/mol. The first kappa shape index (κ1) is 13.7. The molecule has 1 saturated heterocycles. The first-order valence-electron chi connectivity index (χ1n) is 6.00. The zero-order chi connectivity index (χ0) is 13.8. The zero-order valence-electron chi connectivity index (χ0n) is 10.2. The molecule has 4 nitrogen and oxygen atoms in total. The lowest BCUT2D eigenvalue weighted by molar-refractivity contribution is 0.0671. The molecule has 0 aromatic heterocycles. The van der Waals surface area contributed by atoms with E-state index in [1.807, 2.05) is 6.07 Å². The minimum atomic E-state index is -1.87. The minimum Gasteiger partial charge on any atom is -0.445 e. The summed E-state index contributed by atoms with van der Waals surface area (Å²) in [4.78, 5) is 12.6. The van der Waals surface area contributed by atoms with E-state index in [9.17, 15) is 13.6 Å². The van der Waals surface area contributed by atoms with Crippen LogP contribution in [0.15, 0.2) is 30.3 Å². The van der Waals surface area contributed by atoms with E-state index in [1.165, 1.54) is 0 Å². The summed E-state index contributed by atoms with van der Waals surface area (Å²) in [6.45, 7) is -0.982. The highest BCUT2D eigenvalue weighted by atomic mass is 19.2. The van der Waals surface area contributed by atoms with Crippen molar-refractivity contribution in [1.82, 2.24) is 4.90 Å². The number of nitrogens with zero attached hydrogens (tertiary/aromatic N) is 1. The van der Waals surface area contributed by atoms with Gasteiger partial charge in [-0.1, -0.05) is 30.3 Å². The molecule has 1 aromatic rings. The quantitative estimate of drug-likeness (QED) is 0.910. The average Bonchev–Trinajstić information content (AvgIpc) is 2.73. The Kier molecular flexibility index (Phi) is 4.31. The van der Waals surface area contributed by atoms with Crippen molar-refractivity contribution >= 4 is 6.09 Å². The largest absolute Gasteiger partial charge is 0.445 e. The summed E-state index contributed by atoms with van der Waals surface area (Å²) in [7, 11) is 0. The maximum absolute atomic E-state index is 13.4. The molecule has 1 fully saturated rings. The molecule has 104 valence electrons. The van der Waals surface area contributed by atoms with E-state index >= 15 is 0 Å². The van der Waals surface area contributed by atoms with Crippen molar-refractivity contribution in [3.63, 3.8) is 0 Å². The summed E-state index contributed by atoms with van der Waals surface area (Å²) in [5, 5.41) is 9.00. The predicted octanol–water partition coefficient (Wildman–Crippen LogP) is 1.68. The molecule has 3 atom stereocenters. The normalized spacial score (nSPS) is 26.5. The Hall–Kier alpha value is -1.69. The van der Waals surface area contributed by atoms with Gasteiger partial charge in [0, 0.05) is 0 Å². The summed E-state index contributed by atoms with van der Waals surface area (Å²) in [5.74, 6) is 0. The van der Waals surface area contributed by atoms with Gasteiger partial charge in [0.15, 0.2) is 12.3 Å². The Bertz CT molecular complexity index is 429. The van der Waals surface area contributed by atoms with Crippen molar-refractivity contribution in [1.29, 1.82) is 0 Å². The first-order valence-corrected chi connectivity index (χ1v) is 6.00. The highest BCUT2D eigenvalue weighted by Crippen LogP contribution is 2.24. The van der Waals surface area contributed by atoms with Gasteiger partial charge >= 0.3 is 6.09 Å². The fourth-order valence-corrected chi connectivity index (χ4v) is 2.05. The molecule has 19 heavy (non-hydrogen) atoms. The first-order chi connectivity index (χ1) is 9.13. The van der Waals surface area contributed by atoms with Crippen molar-refractivity contribution in [3.8, 4) is 0 Å². The Morgan fingerprint density at radius 1 is 1.37 bits per heavy atom. The Morgan fingerprint density at radius 2 is 2.05 bits per heavy atom. The highest BCUT2D eigenvalue weighted by molar-refractivity contribution is 5.68. The Morgan fingerprint density at radius 3 is 2.68 bits per heavy atom. The molecule has 0 radical (unpaired) electrons. The number of carbonyl (C=O) groups excluding carboxylic acids is 1. The standard InChI is InChI=1S/C13H15F2NO3/c14-10-6-16(11(7-17)12(10)15)13(18)19-8-9-4-2-1-3-5-9/h1-5,10-12,17H,6-8H2/t10-,11+,12-/m0/s1. The molecule has 1 aliphatic heterocycles. The van der Waals surface area contributed by atoms with Crippen molar-refractivity contribution < 1.29 is 23.4 Å². The van der Waals surface area contributed by atoms with Crippen LogP contribution in [0.25, 0.3) is 0 Å². The molecule has 0 saturated carbocycles. The number of hydrogen-bond donors (Lipinski definition) is 1. The lowest BCUT2D eigenvalue weighted by Crippen LogP contribution is -2.41. The molecule has 1 heterocycles. The number of rotatable bonds is 3. The van der Waals surface area contributed by atoms with Crippen LogP contribution in [0, 0.1) is 0 Å².